The van der Waals surface area contributed by atoms with Gasteiger partial charge in [0.1, 0.15) is 0 Å². The minimum atomic E-state index is -3.68. The van der Waals surface area contributed by atoms with Crippen molar-refractivity contribution < 1.29 is 17.9 Å². The number of carbonyl (C=O) groups is 1. The third-order valence-electron chi connectivity index (χ3n) is 3.99. The molecule has 0 amide bonds. The van der Waals surface area contributed by atoms with Gasteiger partial charge in [0.05, 0.1) is 23.1 Å². The smallest absolute Gasteiger partial charge is 0.337 e. The fraction of sp³-hybridized carbons (Fsp3) is 0.222. The van der Waals surface area contributed by atoms with Gasteiger partial charge in [0, 0.05) is 24.7 Å². The number of ether oxygens (including phenoxy) is 1. The highest BCUT2D eigenvalue weighted by Crippen LogP contribution is 2.16. The molecular weight excluding hydrogens is 354 g/mol. The number of aryl methyl sites for hydroxylation is 1. The molecule has 0 fully saturated rings. The first kappa shape index (κ1) is 18.1. The Kier molecular flexibility index (Phi) is 5.06. The zero-order valence-electron chi connectivity index (χ0n) is 14.5. The van der Waals surface area contributed by atoms with Crippen LogP contribution in [0.4, 0.5) is 0 Å². The van der Waals surface area contributed by atoms with Crippen molar-refractivity contribution in [3.05, 3.63) is 59.8 Å². The van der Waals surface area contributed by atoms with Crippen molar-refractivity contribution in [2.75, 3.05) is 7.11 Å². The first-order valence-electron chi connectivity index (χ1n) is 8.07. The number of methoxy groups -OCH3 is 1. The molecule has 1 N–H and O–H groups in total. The summed E-state index contributed by atoms with van der Waals surface area (Å²) >= 11 is 0. The second kappa shape index (κ2) is 7.27. The summed E-state index contributed by atoms with van der Waals surface area (Å²) < 4.78 is 33.9. The molecule has 3 aromatic rings. The van der Waals surface area contributed by atoms with Crippen LogP contribution in [-0.2, 0) is 27.8 Å². The standard InChI is InChI=1S/C18H19N3O4S/c1-3-21-12-15-10-13(4-9-17(15)20-21)11-19-26(23,24)16-7-5-14(6-8-16)18(22)25-2/h4-10,12,19H,3,11H2,1-2H3. The van der Waals surface area contributed by atoms with Gasteiger partial charge in [-0.15, -0.1) is 0 Å². The maximum Gasteiger partial charge on any atom is 0.337 e. The molecule has 0 atom stereocenters. The molecule has 1 aromatic heterocycles. The van der Waals surface area contributed by atoms with Gasteiger partial charge in [0.15, 0.2) is 0 Å². The van der Waals surface area contributed by atoms with Crippen LogP contribution in [0.5, 0.6) is 0 Å². The van der Waals surface area contributed by atoms with Crippen LogP contribution in [0.25, 0.3) is 10.9 Å². The van der Waals surface area contributed by atoms with Gasteiger partial charge in [-0.3, -0.25) is 4.68 Å². The van der Waals surface area contributed by atoms with E-state index >= 15 is 0 Å². The van der Waals surface area contributed by atoms with E-state index in [2.05, 4.69) is 14.6 Å². The number of carbonyl (C=O) groups excluding carboxylic acids is 1. The summed E-state index contributed by atoms with van der Waals surface area (Å²) in [5, 5.41) is 5.36. The Morgan fingerprint density at radius 3 is 2.58 bits per heavy atom. The highest BCUT2D eigenvalue weighted by atomic mass is 32.2. The Bertz CT molecular complexity index is 1040. The number of fused-ring (bicyclic) bond motifs is 1. The zero-order valence-corrected chi connectivity index (χ0v) is 15.3. The summed E-state index contributed by atoms with van der Waals surface area (Å²) in [6.45, 7) is 2.94. The number of esters is 1. The van der Waals surface area contributed by atoms with Crippen molar-refractivity contribution >= 4 is 26.9 Å². The molecule has 1 heterocycles. The molecule has 0 saturated heterocycles. The van der Waals surface area contributed by atoms with E-state index < -0.39 is 16.0 Å². The first-order chi connectivity index (χ1) is 12.4. The minimum Gasteiger partial charge on any atom is -0.465 e. The lowest BCUT2D eigenvalue weighted by Gasteiger charge is -2.07. The molecule has 0 bridgehead atoms. The van der Waals surface area contributed by atoms with Crippen LogP contribution in [0, 0.1) is 0 Å². The van der Waals surface area contributed by atoms with Crippen LogP contribution in [0.1, 0.15) is 22.8 Å². The molecule has 26 heavy (non-hydrogen) atoms. The fourth-order valence-corrected chi connectivity index (χ4v) is 3.57. The van der Waals surface area contributed by atoms with Crippen molar-refractivity contribution in [1.29, 1.82) is 0 Å². The summed E-state index contributed by atoms with van der Waals surface area (Å²) in [6, 6.07) is 11.2. The quantitative estimate of drug-likeness (QED) is 0.670. The van der Waals surface area contributed by atoms with E-state index in [0.29, 0.717) is 5.56 Å². The number of aromatic nitrogens is 2. The van der Waals surface area contributed by atoms with E-state index in [0.717, 1.165) is 23.0 Å². The second-order valence-corrected chi connectivity index (χ2v) is 7.49. The Balaban J connectivity index is 1.74. The van der Waals surface area contributed by atoms with E-state index in [-0.39, 0.29) is 11.4 Å². The van der Waals surface area contributed by atoms with Crippen LogP contribution in [0.3, 0.4) is 0 Å². The third kappa shape index (κ3) is 3.76. The van der Waals surface area contributed by atoms with E-state index in [1.54, 1.807) is 0 Å². The minimum absolute atomic E-state index is 0.0880. The van der Waals surface area contributed by atoms with Crippen LogP contribution >= 0.6 is 0 Å². The van der Waals surface area contributed by atoms with Crippen molar-refractivity contribution in [2.45, 2.75) is 24.9 Å². The van der Waals surface area contributed by atoms with Crippen molar-refractivity contribution in [3.63, 3.8) is 0 Å². The molecule has 0 radical (unpaired) electrons. The molecule has 0 unspecified atom stereocenters. The Hall–Kier alpha value is -2.71. The van der Waals surface area contributed by atoms with Crippen LogP contribution < -0.4 is 4.72 Å². The molecule has 3 rings (SSSR count). The Morgan fingerprint density at radius 2 is 1.92 bits per heavy atom. The fourth-order valence-electron chi connectivity index (χ4n) is 2.55. The normalized spacial score (nSPS) is 11.6. The molecule has 0 aliphatic rings. The number of hydrogen-bond donors (Lipinski definition) is 1. The van der Waals surface area contributed by atoms with Crippen LogP contribution in [0.2, 0.25) is 0 Å². The van der Waals surface area contributed by atoms with Crippen LogP contribution in [-0.4, -0.2) is 31.3 Å². The Labute approximate surface area is 151 Å². The van der Waals surface area contributed by atoms with E-state index in [1.165, 1.54) is 31.4 Å². The van der Waals surface area contributed by atoms with Gasteiger partial charge in [0.2, 0.25) is 10.0 Å². The summed E-state index contributed by atoms with van der Waals surface area (Å²) in [4.78, 5) is 11.5. The third-order valence-corrected chi connectivity index (χ3v) is 5.41. The molecule has 136 valence electrons. The highest BCUT2D eigenvalue weighted by molar-refractivity contribution is 7.89. The maximum atomic E-state index is 12.4. The lowest BCUT2D eigenvalue weighted by Crippen LogP contribution is -2.23. The number of benzene rings is 2. The molecule has 2 aromatic carbocycles. The Morgan fingerprint density at radius 1 is 1.19 bits per heavy atom. The van der Waals surface area contributed by atoms with Crippen molar-refractivity contribution in [1.82, 2.24) is 14.5 Å². The number of hydrogen-bond acceptors (Lipinski definition) is 5. The zero-order chi connectivity index (χ0) is 18.7. The lowest BCUT2D eigenvalue weighted by atomic mass is 10.2. The molecular formula is C18H19N3O4S. The van der Waals surface area contributed by atoms with Gasteiger partial charge in [-0.25, -0.2) is 17.9 Å². The summed E-state index contributed by atoms with van der Waals surface area (Å²) in [5.74, 6) is -0.511. The van der Waals surface area contributed by atoms with E-state index in [9.17, 15) is 13.2 Å². The largest absolute Gasteiger partial charge is 0.465 e. The predicted octanol–water partition coefficient (Wildman–Crippen LogP) is 2.32. The molecule has 7 nitrogen and oxygen atoms in total. The lowest BCUT2D eigenvalue weighted by molar-refractivity contribution is 0.0600. The van der Waals surface area contributed by atoms with Crippen molar-refractivity contribution in [3.8, 4) is 0 Å². The van der Waals surface area contributed by atoms with Crippen LogP contribution in [0.15, 0.2) is 53.6 Å². The van der Waals surface area contributed by atoms with Gasteiger partial charge < -0.3 is 4.74 Å². The molecule has 0 saturated carbocycles. The monoisotopic (exact) mass is 373 g/mol. The molecule has 0 aliphatic carbocycles. The van der Waals surface area contributed by atoms with Gasteiger partial charge in [0.25, 0.3) is 0 Å². The van der Waals surface area contributed by atoms with Crippen molar-refractivity contribution in [2.24, 2.45) is 0 Å². The SMILES string of the molecule is CCn1cc2cc(CNS(=O)(=O)c3ccc(C(=O)OC)cc3)ccc2n1. The molecule has 8 heteroatoms. The number of sulfonamides is 1. The number of nitrogens with one attached hydrogen (secondary N) is 1. The maximum absolute atomic E-state index is 12.4. The molecule has 0 spiro atoms. The topological polar surface area (TPSA) is 90.3 Å². The van der Waals surface area contributed by atoms with E-state index in [1.807, 2.05) is 36.0 Å². The summed E-state index contributed by atoms with van der Waals surface area (Å²) in [6.07, 6.45) is 1.93. The number of nitrogens with zero attached hydrogens (tertiary/aromatic N) is 2. The van der Waals surface area contributed by atoms with Gasteiger partial charge in [-0.2, -0.15) is 5.10 Å². The summed E-state index contributed by atoms with van der Waals surface area (Å²) in [7, 11) is -2.41. The summed E-state index contributed by atoms with van der Waals surface area (Å²) in [5.41, 5.74) is 2.00. The van der Waals surface area contributed by atoms with Gasteiger partial charge >= 0.3 is 5.97 Å². The van der Waals surface area contributed by atoms with Gasteiger partial charge in [-0.05, 0) is 48.9 Å². The average molecular weight is 373 g/mol. The van der Waals surface area contributed by atoms with E-state index in [4.69, 9.17) is 0 Å². The number of rotatable bonds is 6. The van der Waals surface area contributed by atoms with Gasteiger partial charge in [-0.1, -0.05) is 6.07 Å². The second-order valence-electron chi connectivity index (χ2n) is 5.72. The first-order valence-corrected chi connectivity index (χ1v) is 9.55. The highest BCUT2D eigenvalue weighted by Gasteiger charge is 2.15. The predicted molar refractivity (Wildman–Crippen MR) is 97.2 cm³/mol. The molecule has 0 aliphatic heterocycles. The average Bonchev–Trinajstić information content (AvgIpc) is 3.08.